The third kappa shape index (κ3) is 2.87. The van der Waals surface area contributed by atoms with Gasteiger partial charge in [0.15, 0.2) is 0 Å². The first-order valence-electron chi connectivity index (χ1n) is 5.87. The maximum atomic E-state index is 12.8. The molecule has 0 heterocycles. The predicted molar refractivity (Wildman–Crippen MR) is 69.8 cm³/mol. The molecular formula is C15H13F3O2. The molecule has 0 aliphatic carbocycles. The standard InChI is InChI=1S/C15H13F3O2/c1-9-3-4-11(15(16,17)18)7-14(9)10-5-12(19)8-13(6-10)20-2/h3-8,19H,1-2H3. The lowest BCUT2D eigenvalue weighted by atomic mass is 9.97. The van der Waals surface area contributed by atoms with Gasteiger partial charge in [-0.3, -0.25) is 0 Å². The zero-order chi connectivity index (χ0) is 14.9. The van der Waals surface area contributed by atoms with Gasteiger partial charge in [0.05, 0.1) is 12.7 Å². The molecule has 0 bridgehead atoms. The van der Waals surface area contributed by atoms with Crippen LogP contribution < -0.4 is 4.74 Å². The molecule has 0 saturated carbocycles. The van der Waals surface area contributed by atoms with Crippen LogP contribution in [0.5, 0.6) is 11.5 Å². The quantitative estimate of drug-likeness (QED) is 0.885. The number of phenols is 1. The predicted octanol–water partition coefficient (Wildman–Crippen LogP) is 4.40. The number of phenolic OH excluding ortho intramolecular Hbond substituents is 1. The molecule has 0 aromatic heterocycles. The van der Waals surface area contributed by atoms with E-state index in [9.17, 15) is 18.3 Å². The van der Waals surface area contributed by atoms with Crippen molar-refractivity contribution in [1.82, 2.24) is 0 Å². The highest BCUT2D eigenvalue weighted by molar-refractivity contribution is 5.71. The SMILES string of the molecule is COc1cc(O)cc(-c2cc(C(F)(F)F)ccc2C)c1. The number of benzene rings is 2. The molecule has 0 spiro atoms. The molecule has 2 rings (SSSR count). The molecule has 0 aliphatic rings. The minimum absolute atomic E-state index is 0.0591. The highest BCUT2D eigenvalue weighted by atomic mass is 19.4. The first-order chi connectivity index (χ1) is 9.31. The first kappa shape index (κ1) is 14.2. The van der Waals surface area contributed by atoms with Crippen LogP contribution in [-0.2, 0) is 6.18 Å². The van der Waals surface area contributed by atoms with Gasteiger partial charge in [-0.05, 0) is 47.9 Å². The van der Waals surface area contributed by atoms with Gasteiger partial charge in [0.1, 0.15) is 11.5 Å². The zero-order valence-corrected chi connectivity index (χ0v) is 11.0. The number of aromatic hydroxyl groups is 1. The van der Waals surface area contributed by atoms with Gasteiger partial charge >= 0.3 is 6.18 Å². The van der Waals surface area contributed by atoms with E-state index in [-0.39, 0.29) is 5.75 Å². The van der Waals surface area contributed by atoms with E-state index in [0.29, 0.717) is 22.4 Å². The Hall–Kier alpha value is -2.17. The number of alkyl halides is 3. The van der Waals surface area contributed by atoms with Gasteiger partial charge in [-0.25, -0.2) is 0 Å². The summed E-state index contributed by atoms with van der Waals surface area (Å²) in [5.41, 5.74) is 0.852. The zero-order valence-electron chi connectivity index (χ0n) is 11.0. The maximum Gasteiger partial charge on any atom is 0.416 e. The normalized spacial score (nSPS) is 11.4. The van der Waals surface area contributed by atoms with Crippen molar-refractivity contribution in [3.8, 4) is 22.6 Å². The van der Waals surface area contributed by atoms with E-state index < -0.39 is 11.7 Å². The van der Waals surface area contributed by atoms with Crippen LogP contribution in [0.2, 0.25) is 0 Å². The van der Waals surface area contributed by atoms with E-state index in [4.69, 9.17) is 4.74 Å². The fraction of sp³-hybridized carbons (Fsp3) is 0.200. The molecule has 2 aromatic rings. The second kappa shape index (κ2) is 5.07. The molecule has 0 amide bonds. The fourth-order valence-corrected chi connectivity index (χ4v) is 1.97. The van der Waals surface area contributed by atoms with Crippen molar-refractivity contribution in [1.29, 1.82) is 0 Å². The van der Waals surface area contributed by atoms with Crippen LogP contribution in [0.1, 0.15) is 11.1 Å². The third-order valence-electron chi connectivity index (χ3n) is 3.00. The Morgan fingerprint density at radius 3 is 2.35 bits per heavy atom. The van der Waals surface area contributed by atoms with Gasteiger partial charge in [0.2, 0.25) is 0 Å². The van der Waals surface area contributed by atoms with Crippen LogP contribution in [0.15, 0.2) is 36.4 Å². The summed E-state index contributed by atoms with van der Waals surface area (Å²) in [5.74, 6) is 0.327. The molecular weight excluding hydrogens is 269 g/mol. The van der Waals surface area contributed by atoms with Crippen molar-refractivity contribution in [3.63, 3.8) is 0 Å². The van der Waals surface area contributed by atoms with Gasteiger partial charge in [-0.1, -0.05) is 6.07 Å². The molecule has 0 unspecified atom stereocenters. The van der Waals surface area contributed by atoms with Crippen LogP contribution in [0.4, 0.5) is 13.2 Å². The molecule has 1 N–H and O–H groups in total. The van der Waals surface area contributed by atoms with Crippen molar-refractivity contribution in [3.05, 3.63) is 47.5 Å². The van der Waals surface area contributed by atoms with E-state index >= 15 is 0 Å². The highest BCUT2D eigenvalue weighted by Gasteiger charge is 2.30. The van der Waals surface area contributed by atoms with Gasteiger partial charge in [-0.15, -0.1) is 0 Å². The number of halogens is 3. The monoisotopic (exact) mass is 282 g/mol. The van der Waals surface area contributed by atoms with Crippen LogP contribution >= 0.6 is 0 Å². The second-order valence-electron chi connectivity index (χ2n) is 4.45. The minimum Gasteiger partial charge on any atom is -0.508 e. The Bertz CT molecular complexity index is 634. The molecule has 0 radical (unpaired) electrons. The molecule has 0 atom stereocenters. The number of rotatable bonds is 2. The molecule has 0 saturated heterocycles. The van der Waals surface area contributed by atoms with E-state index in [1.165, 1.54) is 25.3 Å². The van der Waals surface area contributed by atoms with Crippen molar-refractivity contribution in [2.24, 2.45) is 0 Å². The Labute approximate surface area is 114 Å². The summed E-state index contributed by atoms with van der Waals surface area (Å²) in [6.45, 7) is 1.71. The van der Waals surface area contributed by atoms with Gasteiger partial charge < -0.3 is 9.84 Å². The Kier molecular flexibility index (Phi) is 3.61. The van der Waals surface area contributed by atoms with Crippen molar-refractivity contribution in [2.45, 2.75) is 13.1 Å². The van der Waals surface area contributed by atoms with E-state index in [2.05, 4.69) is 0 Å². The Morgan fingerprint density at radius 1 is 1.05 bits per heavy atom. The number of aryl methyl sites for hydroxylation is 1. The Morgan fingerprint density at radius 2 is 1.75 bits per heavy atom. The van der Waals surface area contributed by atoms with Gasteiger partial charge in [0, 0.05) is 6.07 Å². The van der Waals surface area contributed by atoms with Crippen LogP contribution in [0.3, 0.4) is 0 Å². The molecule has 20 heavy (non-hydrogen) atoms. The molecule has 5 heteroatoms. The van der Waals surface area contributed by atoms with Crippen molar-refractivity contribution >= 4 is 0 Å². The molecule has 2 aromatic carbocycles. The largest absolute Gasteiger partial charge is 0.508 e. The topological polar surface area (TPSA) is 29.5 Å². The van der Waals surface area contributed by atoms with Gasteiger partial charge in [-0.2, -0.15) is 13.2 Å². The summed E-state index contributed by atoms with van der Waals surface area (Å²) in [7, 11) is 1.43. The van der Waals surface area contributed by atoms with Gasteiger partial charge in [0.25, 0.3) is 0 Å². The smallest absolute Gasteiger partial charge is 0.416 e. The lowest BCUT2D eigenvalue weighted by Crippen LogP contribution is -2.05. The van der Waals surface area contributed by atoms with Crippen LogP contribution in [0.25, 0.3) is 11.1 Å². The van der Waals surface area contributed by atoms with Crippen molar-refractivity contribution < 1.29 is 23.0 Å². The second-order valence-corrected chi connectivity index (χ2v) is 4.45. The molecule has 0 aliphatic heterocycles. The lowest BCUT2D eigenvalue weighted by molar-refractivity contribution is -0.137. The lowest BCUT2D eigenvalue weighted by Gasteiger charge is -2.13. The summed E-state index contributed by atoms with van der Waals surface area (Å²) < 4.78 is 43.3. The van der Waals surface area contributed by atoms with Crippen molar-refractivity contribution in [2.75, 3.05) is 7.11 Å². The summed E-state index contributed by atoms with van der Waals surface area (Å²) >= 11 is 0. The average molecular weight is 282 g/mol. The van der Waals surface area contributed by atoms with E-state index in [1.807, 2.05) is 0 Å². The number of hydrogen-bond donors (Lipinski definition) is 1. The highest BCUT2D eigenvalue weighted by Crippen LogP contribution is 2.36. The Balaban J connectivity index is 2.60. The summed E-state index contributed by atoms with van der Waals surface area (Å²) in [6, 6.07) is 7.91. The third-order valence-corrected chi connectivity index (χ3v) is 3.00. The number of methoxy groups -OCH3 is 1. The van der Waals surface area contributed by atoms with Crippen LogP contribution in [0, 0.1) is 6.92 Å². The number of ether oxygens (including phenoxy) is 1. The summed E-state index contributed by atoms with van der Waals surface area (Å²) in [5, 5.41) is 9.60. The summed E-state index contributed by atoms with van der Waals surface area (Å²) in [4.78, 5) is 0. The summed E-state index contributed by atoms with van der Waals surface area (Å²) in [6.07, 6.45) is -4.40. The maximum absolute atomic E-state index is 12.8. The average Bonchev–Trinajstić information content (AvgIpc) is 2.37. The first-order valence-corrected chi connectivity index (χ1v) is 5.87. The minimum atomic E-state index is -4.40. The van der Waals surface area contributed by atoms with E-state index in [0.717, 1.165) is 12.1 Å². The molecule has 2 nitrogen and oxygen atoms in total. The van der Waals surface area contributed by atoms with Crippen LogP contribution in [-0.4, -0.2) is 12.2 Å². The molecule has 0 fully saturated rings. The molecule has 106 valence electrons. The van der Waals surface area contributed by atoms with E-state index in [1.54, 1.807) is 13.0 Å². The number of hydrogen-bond acceptors (Lipinski definition) is 2. The fourth-order valence-electron chi connectivity index (χ4n) is 1.97.